The molecular weight excluding hydrogens is 579 g/mol. The number of anilines is 1. The van der Waals surface area contributed by atoms with Crippen LogP contribution in [0.4, 0.5) is 17.1 Å². The van der Waals surface area contributed by atoms with Gasteiger partial charge in [0.2, 0.25) is 5.75 Å². The number of carbonyl (C=O) groups is 1. The summed E-state index contributed by atoms with van der Waals surface area (Å²) in [5.74, 6) is -0.245. The Morgan fingerprint density at radius 3 is 2.15 bits per heavy atom. The van der Waals surface area contributed by atoms with Crippen molar-refractivity contribution in [3.05, 3.63) is 65.3 Å². The molecule has 5 rings (SSSR count). The van der Waals surface area contributed by atoms with Gasteiger partial charge in [-0.15, -0.1) is 22.7 Å². The monoisotopic (exact) mass is 605 g/mol. The molecule has 2 aromatic rings. The first-order valence-corrected chi connectivity index (χ1v) is 15.8. The molecule has 1 fully saturated rings. The van der Waals surface area contributed by atoms with E-state index in [1.807, 2.05) is 13.8 Å². The van der Waals surface area contributed by atoms with Crippen molar-refractivity contribution >= 4 is 69.0 Å². The van der Waals surface area contributed by atoms with Crippen molar-refractivity contribution in [3.63, 3.8) is 0 Å². The molecule has 2 aliphatic heterocycles. The lowest BCUT2D eigenvalue weighted by atomic mass is 9.72. The maximum Gasteiger partial charge on any atom is 0.336 e. The Kier molecular flexibility index (Phi) is 7.70. The van der Waals surface area contributed by atoms with Crippen LogP contribution in [-0.4, -0.2) is 28.7 Å². The van der Waals surface area contributed by atoms with E-state index in [2.05, 4.69) is 18.1 Å². The molecule has 3 aliphatic rings. The van der Waals surface area contributed by atoms with Crippen molar-refractivity contribution in [2.24, 2.45) is 5.41 Å². The van der Waals surface area contributed by atoms with Crippen LogP contribution in [0, 0.1) is 25.6 Å². The maximum absolute atomic E-state index is 13.8. The average Bonchev–Trinajstić information content (AvgIpc) is 3.41. The second-order valence-electron chi connectivity index (χ2n) is 10.3. The number of fused-ring (bicyclic) bond motifs is 1. The fourth-order valence-electron chi connectivity index (χ4n) is 5.55. The predicted octanol–water partition coefficient (Wildman–Crippen LogP) is 8.26. The summed E-state index contributed by atoms with van der Waals surface area (Å²) in [6.45, 7) is 12.8. The van der Waals surface area contributed by atoms with E-state index >= 15 is 0 Å². The minimum absolute atomic E-state index is 0.00678. The highest BCUT2D eigenvalue weighted by Gasteiger charge is 2.49. The van der Waals surface area contributed by atoms with Crippen LogP contribution >= 0.6 is 46.2 Å². The lowest BCUT2D eigenvalue weighted by Crippen LogP contribution is -2.34. The van der Waals surface area contributed by atoms with Gasteiger partial charge in [-0.1, -0.05) is 50.5 Å². The summed E-state index contributed by atoms with van der Waals surface area (Å²) in [6.07, 6.45) is 3.58. The number of thioether (sulfide) groups is 2. The highest BCUT2D eigenvalue weighted by atomic mass is 32.2. The van der Waals surface area contributed by atoms with Crippen LogP contribution in [0.5, 0.6) is 5.75 Å². The quantitative estimate of drug-likeness (QED) is 0.166. The van der Waals surface area contributed by atoms with Crippen LogP contribution in [0.2, 0.25) is 0 Å². The minimum atomic E-state index is -0.699. The van der Waals surface area contributed by atoms with E-state index in [4.69, 9.17) is 4.74 Å². The van der Waals surface area contributed by atoms with Gasteiger partial charge < -0.3 is 9.64 Å². The first-order valence-electron chi connectivity index (χ1n) is 12.4. The molecular formula is C26H27N3O6S4. The number of nitrogens with zero attached hydrogens (tertiary/aromatic N) is 3. The first-order chi connectivity index (χ1) is 18.6. The zero-order valence-electron chi connectivity index (χ0n) is 21.5. The summed E-state index contributed by atoms with van der Waals surface area (Å²) in [5, 5.41) is 27.8. The summed E-state index contributed by atoms with van der Waals surface area (Å²) < 4.78 is 7.13. The molecule has 2 aromatic heterocycles. The van der Waals surface area contributed by atoms with Crippen molar-refractivity contribution < 1.29 is 19.4 Å². The van der Waals surface area contributed by atoms with Crippen molar-refractivity contribution in [3.8, 4) is 5.75 Å². The smallest absolute Gasteiger partial charge is 0.336 e. The maximum atomic E-state index is 13.8. The van der Waals surface area contributed by atoms with Crippen molar-refractivity contribution in [2.45, 2.75) is 60.3 Å². The number of allylic oxidation sites excluding steroid dienone is 2. The van der Waals surface area contributed by atoms with Crippen LogP contribution < -0.4 is 9.64 Å². The molecule has 0 saturated carbocycles. The van der Waals surface area contributed by atoms with Gasteiger partial charge in [0.05, 0.1) is 20.6 Å². The number of thiophene rings is 2. The number of ether oxygens (including phenoxy) is 1. The molecule has 0 aromatic carbocycles. The Morgan fingerprint density at radius 1 is 0.974 bits per heavy atom. The Labute approximate surface area is 242 Å². The molecule has 1 saturated heterocycles. The largest absolute Gasteiger partial charge is 0.453 e. The highest BCUT2D eigenvalue weighted by Crippen LogP contribution is 2.62. The van der Waals surface area contributed by atoms with Gasteiger partial charge in [-0.3, -0.25) is 25.0 Å². The van der Waals surface area contributed by atoms with Crippen LogP contribution in [0.15, 0.2) is 43.7 Å². The van der Waals surface area contributed by atoms with Gasteiger partial charge in [-0.25, -0.2) is 0 Å². The predicted molar refractivity (Wildman–Crippen MR) is 158 cm³/mol. The first kappa shape index (κ1) is 27.9. The van der Waals surface area contributed by atoms with Gasteiger partial charge in [0.25, 0.3) is 0 Å². The fourth-order valence-corrected chi connectivity index (χ4v) is 10.0. The minimum Gasteiger partial charge on any atom is -0.453 e. The van der Waals surface area contributed by atoms with Crippen molar-refractivity contribution in [1.82, 2.24) is 0 Å². The van der Waals surface area contributed by atoms with E-state index in [0.717, 1.165) is 31.0 Å². The third-order valence-corrected chi connectivity index (χ3v) is 11.3. The van der Waals surface area contributed by atoms with E-state index in [1.54, 1.807) is 5.41 Å². The summed E-state index contributed by atoms with van der Waals surface area (Å²) in [5.41, 5.74) is 0.427. The summed E-state index contributed by atoms with van der Waals surface area (Å²) >= 11 is 4.79. The SMILES string of the molecule is C=CSc1sc2c(c1[N+](=O)[O-])OC1=C(C(=O)CC(C)(C)C1)C2c1sc(SC=C)c([N+](=O)[O-])c1N1CCCCC1. The lowest BCUT2D eigenvalue weighted by Gasteiger charge is -2.37. The lowest BCUT2D eigenvalue weighted by molar-refractivity contribution is -0.388. The summed E-state index contributed by atoms with van der Waals surface area (Å²) in [7, 11) is 0. The Balaban J connectivity index is 1.84. The van der Waals surface area contributed by atoms with E-state index < -0.39 is 10.8 Å². The average molecular weight is 606 g/mol. The number of rotatable bonds is 8. The van der Waals surface area contributed by atoms with Crippen LogP contribution in [0.1, 0.15) is 61.6 Å². The van der Waals surface area contributed by atoms with Gasteiger partial charge in [0, 0.05) is 36.4 Å². The molecule has 1 aliphatic carbocycles. The third kappa shape index (κ3) is 4.94. The molecule has 0 bridgehead atoms. The standard InChI is InChI=1S/C26H27N3O6S4/c1-5-36-24-19(28(31)32)18(27-10-8-7-9-11-27)22(38-24)17-16-14(30)12-26(3,4)13-15(16)35-21-20(29(33)34)25(37-6-2)39-23(17)21/h5-6,17H,1-2,7-13H2,3-4H3. The molecule has 0 radical (unpaired) electrons. The topological polar surface area (TPSA) is 116 Å². The van der Waals surface area contributed by atoms with Crippen molar-refractivity contribution in [2.75, 3.05) is 18.0 Å². The van der Waals surface area contributed by atoms with Gasteiger partial charge in [0.1, 0.15) is 19.9 Å². The van der Waals surface area contributed by atoms with E-state index in [-0.39, 0.29) is 33.2 Å². The van der Waals surface area contributed by atoms with Gasteiger partial charge in [-0.2, -0.15) is 0 Å². The molecule has 39 heavy (non-hydrogen) atoms. The van der Waals surface area contributed by atoms with Gasteiger partial charge in [0.15, 0.2) is 5.78 Å². The zero-order valence-corrected chi connectivity index (χ0v) is 24.8. The third-order valence-electron chi connectivity index (χ3n) is 7.02. The molecule has 0 spiro atoms. The number of carbonyl (C=O) groups excluding carboxylic acids is 1. The molecule has 4 heterocycles. The molecule has 1 unspecified atom stereocenters. The number of hydrogen-bond acceptors (Lipinski definition) is 11. The Hall–Kier alpha value is -2.61. The second kappa shape index (κ2) is 10.8. The molecule has 206 valence electrons. The second-order valence-corrected chi connectivity index (χ2v) is 14.9. The highest BCUT2D eigenvalue weighted by molar-refractivity contribution is 8.04. The van der Waals surface area contributed by atoms with E-state index in [9.17, 15) is 25.0 Å². The van der Waals surface area contributed by atoms with Crippen LogP contribution in [0.3, 0.4) is 0 Å². The van der Waals surface area contributed by atoms with Crippen molar-refractivity contribution in [1.29, 1.82) is 0 Å². The number of ketones is 1. The number of nitro groups is 2. The summed E-state index contributed by atoms with van der Waals surface area (Å²) in [6, 6.07) is 0. The Morgan fingerprint density at radius 2 is 1.56 bits per heavy atom. The molecule has 9 nitrogen and oxygen atoms in total. The van der Waals surface area contributed by atoms with Gasteiger partial charge >= 0.3 is 11.4 Å². The number of Topliss-reactive ketones (excluding diaryl/α,β-unsaturated/α-hetero) is 1. The normalized spacial score (nSPS) is 20.2. The van der Waals surface area contributed by atoms with Gasteiger partial charge in [-0.05, 0) is 35.5 Å². The van der Waals surface area contributed by atoms with E-state index in [0.29, 0.717) is 61.1 Å². The number of hydrogen-bond donors (Lipinski definition) is 0. The number of piperidine rings is 1. The van der Waals surface area contributed by atoms with Crippen LogP contribution in [-0.2, 0) is 4.79 Å². The Bertz CT molecular complexity index is 1430. The zero-order chi connectivity index (χ0) is 28.1. The fraction of sp³-hybridized carbons (Fsp3) is 0.423. The molecule has 1 atom stereocenters. The summed E-state index contributed by atoms with van der Waals surface area (Å²) in [4.78, 5) is 41.0. The molecule has 0 amide bonds. The van der Waals surface area contributed by atoms with E-state index in [1.165, 1.54) is 39.8 Å². The van der Waals surface area contributed by atoms with Crippen LogP contribution in [0.25, 0.3) is 0 Å². The molecule has 0 N–H and O–H groups in total. The molecule has 13 heteroatoms.